The highest BCUT2D eigenvalue weighted by molar-refractivity contribution is 5.97. The molecule has 2 rings (SSSR count). The number of nitrogens with one attached hydrogen (secondary N) is 2. The zero-order chi connectivity index (χ0) is 19.1. The van der Waals surface area contributed by atoms with Gasteiger partial charge in [-0.25, -0.2) is 5.43 Å². The minimum absolute atomic E-state index is 0.109. The lowest BCUT2D eigenvalue weighted by Gasteiger charge is -2.05. The van der Waals surface area contributed by atoms with E-state index in [9.17, 15) is 19.7 Å². The maximum absolute atomic E-state index is 12.0. The second-order valence-corrected chi connectivity index (χ2v) is 5.64. The lowest BCUT2D eigenvalue weighted by atomic mass is 10.1. The summed E-state index contributed by atoms with van der Waals surface area (Å²) in [6.07, 6.45) is 1.49. The molecule has 0 aliphatic rings. The third kappa shape index (κ3) is 5.23. The third-order valence-corrected chi connectivity index (χ3v) is 3.56. The van der Waals surface area contributed by atoms with Crippen molar-refractivity contribution in [1.29, 1.82) is 0 Å². The van der Waals surface area contributed by atoms with Gasteiger partial charge in [-0.1, -0.05) is 35.9 Å². The monoisotopic (exact) mass is 354 g/mol. The molecule has 2 aromatic rings. The molecular formula is C18H18N4O4. The highest BCUT2D eigenvalue weighted by atomic mass is 16.6. The van der Waals surface area contributed by atoms with Gasteiger partial charge in [0.25, 0.3) is 17.5 Å². The lowest BCUT2D eigenvalue weighted by molar-refractivity contribution is -0.385. The number of hydrogen-bond acceptors (Lipinski definition) is 5. The summed E-state index contributed by atoms with van der Waals surface area (Å²) in [4.78, 5) is 34.1. The van der Waals surface area contributed by atoms with Gasteiger partial charge < -0.3 is 5.32 Å². The average Bonchev–Trinajstić information content (AvgIpc) is 2.61. The molecule has 8 heteroatoms. The average molecular weight is 354 g/mol. The molecule has 0 unspecified atom stereocenters. The highest BCUT2D eigenvalue weighted by Gasteiger charge is 2.15. The number of hydrogen-bond donors (Lipinski definition) is 2. The number of nitro benzene ring substituents is 1. The van der Waals surface area contributed by atoms with Crippen molar-refractivity contribution in [3.63, 3.8) is 0 Å². The number of carbonyl (C=O) groups excluding carboxylic acids is 2. The number of hydrazone groups is 1. The predicted octanol–water partition coefficient (Wildman–Crippen LogP) is 2.09. The predicted molar refractivity (Wildman–Crippen MR) is 97.1 cm³/mol. The first-order valence-electron chi connectivity index (χ1n) is 7.78. The topological polar surface area (TPSA) is 114 Å². The van der Waals surface area contributed by atoms with Gasteiger partial charge in [0.1, 0.15) is 0 Å². The molecule has 0 spiro atoms. The Morgan fingerprint density at radius 1 is 1.15 bits per heavy atom. The summed E-state index contributed by atoms with van der Waals surface area (Å²) in [6, 6.07) is 11.7. The first kappa shape index (κ1) is 18.8. The van der Waals surface area contributed by atoms with Gasteiger partial charge in [0.2, 0.25) is 0 Å². The smallest absolute Gasteiger partial charge is 0.273 e. The van der Waals surface area contributed by atoms with Gasteiger partial charge in [0.05, 0.1) is 17.7 Å². The molecule has 0 saturated carbocycles. The third-order valence-electron chi connectivity index (χ3n) is 3.56. The van der Waals surface area contributed by atoms with Crippen molar-refractivity contribution in [2.75, 3.05) is 6.54 Å². The van der Waals surface area contributed by atoms with Crippen LogP contribution in [0.2, 0.25) is 0 Å². The van der Waals surface area contributed by atoms with Crippen molar-refractivity contribution < 1.29 is 14.5 Å². The number of nitro groups is 1. The molecule has 0 aromatic heterocycles. The summed E-state index contributed by atoms with van der Waals surface area (Å²) in [5, 5.41) is 17.1. The Hall–Kier alpha value is -3.55. The largest absolute Gasteiger partial charge is 0.343 e. The summed E-state index contributed by atoms with van der Waals surface area (Å²) in [5.41, 5.74) is 4.66. The van der Waals surface area contributed by atoms with E-state index in [0.717, 1.165) is 11.1 Å². The molecule has 0 saturated heterocycles. The zero-order valence-electron chi connectivity index (χ0n) is 14.4. The number of rotatable bonds is 6. The van der Waals surface area contributed by atoms with E-state index in [1.807, 2.05) is 31.2 Å². The molecule has 0 fully saturated rings. The maximum atomic E-state index is 12.0. The zero-order valence-corrected chi connectivity index (χ0v) is 14.4. The minimum Gasteiger partial charge on any atom is -0.343 e. The Balaban J connectivity index is 1.87. The number of nitrogens with zero attached hydrogens (tertiary/aromatic N) is 2. The van der Waals surface area contributed by atoms with Gasteiger partial charge in [-0.15, -0.1) is 0 Å². The first-order valence-corrected chi connectivity index (χ1v) is 7.78. The summed E-state index contributed by atoms with van der Waals surface area (Å²) in [6.45, 7) is 3.25. The van der Waals surface area contributed by atoms with Crippen LogP contribution >= 0.6 is 0 Å². The van der Waals surface area contributed by atoms with Gasteiger partial charge in [-0.3, -0.25) is 19.7 Å². The van der Waals surface area contributed by atoms with Crippen LogP contribution in [0.15, 0.2) is 47.6 Å². The van der Waals surface area contributed by atoms with Crippen LogP contribution in [-0.4, -0.2) is 29.5 Å². The molecule has 8 nitrogen and oxygen atoms in total. The number of benzene rings is 2. The Labute approximate surface area is 150 Å². The molecular weight excluding hydrogens is 336 g/mol. The van der Waals surface area contributed by atoms with E-state index < -0.39 is 16.7 Å². The second-order valence-electron chi connectivity index (χ2n) is 5.64. The quantitative estimate of drug-likeness (QED) is 0.470. The van der Waals surface area contributed by atoms with Gasteiger partial charge in [0.15, 0.2) is 0 Å². The molecule has 2 N–H and O–H groups in total. The Morgan fingerprint density at radius 2 is 1.85 bits per heavy atom. The van der Waals surface area contributed by atoms with Crippen molar-refractivity contribution >= 4 is 23.7 Å². The highest BCUT2D eigenvalue weighted by Crippen LogP contribution is 2.19. The lowest BCUT2D eigenvalue weighted by Crippen LogP contribution is -2.34. The van der Waals surface area contributed by atoms with Crippen molar-refractivity contribution in [1.82, 2.24) is 10.7 Å². The molecule has 0 aliphatic carbocycles. The van der Waals surface area contributed by atoms with Gasteiger partial charge in [-0.2, -0.15) is 5.10 Å². The summed E-state index contributed by atoms with van der Waals surface area (Å²) < 4.78 is 0. The molecule has 26 heavy (non-hydrogen) atoms. The van der Waals surface area contributed by atoms with E-state index in [2.05, 4.69) is 15.8 Å². The fourth-order valence-electron chi connectivity index (χ4n) is 2.08. The molecule has 0 aliphatic heterocycles. The van der Waals surface area contributed by atoms with Crippen molar-refractivity contribution in [3.05, 3.63) is 74.8 Å². The number of amides is 2. The second kappa shape index (κ2) is 8.52. The van der Waals surface area contributed by atoms with Crippen LogP contribution in [0.1, 0.15) is 27.0 Å². The van der Waals surface area contributed by atoms with E-state index in [4.69, 9.17) is 0 Å². The fraction of sp³-hybridized carbons (Fsp3) is 0.167. The number of carbonyl (C=O) groups is 2. The van der Waals surface area contributed by atoms with Crippen molar-refractivity contribution in [2.24, 2.45) is 5.10 Å². The maximum Gasteiger partial charge on any atom is 0.273 e. The Kier molecular flexibility index (Phi) is 6.15. The van der Waals surface area contributed by atoms with E-state index in [0.29, 0.717) is 5.56 Å². The molecule has 2 aromatic carbocycles. The van der Waals surface area contributed by atoms with E-state index in [-0.39, 0.29) is 17.8 Å². The van der Waals surface area contributed by atoms with Crippen LogP contribution < -0.4 is 10.7 Å². The Morgan fingerprint density at radius 3 is 2.50 bits per heavy atom. The molecule has 134 valence electrons. The first-order chi connectivity index (χ1) is 12.4. The van der Waals surface area contributed by atoms with Crippen LogP contribution in [0.5, 0.6) is 0 Å². The van der Waals surface area contributed by atoms with Gasteiger partial charge in [0, 0.05) is 17.2 Å². The van der Waals surface area contributed by atoms with Crippen LogP contribution in [0.3, 0.4) is 0 Å². The van der Waals surface area contributed by atoms with Gasteiger partial charge in [-0.05, 0) is 25.5 Å². The Bertz CT molecular complexity index is 860. The van der Waals surface area contributed by atoms with Crippen LogP contribution in [0.4, 0.5) is 5.69 Å². The SMILES string of the molecule is Cc1ccc(/C=N/NC(=O)CNC(=O)c2ccc(C)c([N+](=O)[O-])c2)cc1. The summed E-state index contributed by atoms with van der Waals surface area (Å²) in [5.74, 6) is -1.09. The van der Waals surface area contributed by atoms with Crippen LogP contribution in [0.25, 0.3) is 0 Å². The normalized spacial score (nSPS) is 10.5. The summed E-state index contributed by atoms with van der Waals surface area (Å²) in [7, 11) is 0. The molecule has 0 heterocycles. The van der Waals surface area contributed by atoms with Crippen LogP contribution in [0, 0.1) is 24.0 Å². The van der Waals surface area contributed by atoms with E-state index >= 15 is 0 Å². The molecule has 0 atom stereocenters. The fourth-order valence-corrected chi connectivity index (χ4v) is 2.08. The van der Waals surface area contributed by atoms with Crippen molar-refractivity contribution in [2.45, 2.75) is 13.8 Å². The van der Waals surface area contributed by atoms with Crippen LogP contribution in [-0.2, 0) is 4.79 Å². The van der Waals surface area contributed by atoms with E-state index in [1.54, 1.807) is 6.92 Å². The molecule has 0 bridgehead atoms. The summed E-state index contributed by atoms with van der Waals surface area (Å²) >= 11 is 0. The van der Waals surface area contributed by atoms with E-state index in [1.165, 1.54) is 24.4 Å². The molecule has 2 amide bonds. The molecule has 0 radical (unpaired) electrons. The van der Waals surface area contributed by atoms with Gasteiger partial charge >= 0.3 is 0 Å². The number of aryl methyl sites for hydroxylation is 2. The van der Waals surface area contributed by atoms with Crippen molar-refractivity contribution in [3.8, 4) is 0 Å². The minimum atomic E-state index is -0.578. The standard InChI is InChI=1S/C18H18N4O4/c1-12-3-6-14(7-4-12)10-20-21-17(23)11-19-18(24)15-8-5-13(2)16(9-15)22(25)26/h3-10H,11H2,1-2H3,(H,19,24)(H,21,23)/b20-10+.